The van der Waals surface area contributed by atoms with Crippen molar-refractivity contribution in [3.8, 4) is 0 Å². The molecule has 2 fully saturated rings. The third-order valence-electron chi connectivity index (χ3n) is 13.9. The van der Waals surface area contributed by atoms with Gasteiger partial charge in [0.1, 0.15) is 5.78 Å². The Labute approximate surface area is 358 Å². The molecule has 0 spiro atoms. The summed E-state index contributed by atoms with van der Waals surface area (Å²) >= 11 is 13.8. The minimum atomic E-state index is -0.426. The van der Waals surface area contributed by atoms with Crippen molar-refractivity contribution >= 4 is 69.1 Å². The van der Waals surface area contributed by atoms with E-state index in [0.29, 0.717) is 58.3 Å². The maximum atomic E-state index is 14.7. The van der Waals surface area contributed by atoms with Crippen molar-refractivity contribution in [2.24, 2.45) is 16.7 Å². The van der Waals surface area contributed by atoms with E-state index in [1.165, 1.54) is 40.7 Å². The summed E-state index contributed by atoms with van der Waals surface area (Å²) in [7, 11) is 0. The molecular weight excluding hydrogens is 775 g/mol. The lowest BCUT2D eigenvalue weighted by atomic mass is 9.65. The summed E-state index contributed by atoms with van der Waals surface area (Å²) in [6, 6.07) is 24.9. The molecule has 0 aromatic heterocycles. The number of para-hydroxylation sites is 2. The van der Waals surface area contributed by atoms with Crippen LogP contribution in [-0.2, 0) is 27.2 Å². The van der Waals surface area contributed by atoms with E-state index >= 15 is 0 Å². The molecule has 2 saturated carbocycles. The van der Waals surface area contributed by atoms with Crippen molar-refractivity contribution in [1.29, 1.82) is 0 Å². The van der Waals surface area contributed by atoms with Gasteiger partial charge in [0.25, 0.3) is 0 Å². The van der Waals surface area contributed by atoms with Crippen molar-refractivity contribution in [2.75, 3.05) is 22.9 Å². The largest absolute Gasteiger partial charge is 0.341 e. The topological polar surface area (TPSA) is 74.8 Å². The molecule has 2 heterocycles. The lowest BCUT2D eigenvalue weighted by molar-refractivity contribution is -0.129. The quantitative estimate of drug-likeness (QED) is 0.117. The average Bonchev–Trinajstić information content (AvgIpc) is 3.57. The number of nitrogens with zero attached hydrogens (tertiary/aromatic N) is 2. The van der Waals surface area contributed by atoms with Gasteiger partial charge in [0.2, 0.25) is 0 Å². The molecule has 2 bridgehead atoms. The SMILES string of the molecule is CC1(C)C2CCC1(CC1=CC(=O)C=CC1=O)C(=O)C2.CCCCN1c2ccccc2Cc2c1ccc(Cl)c2C(=O)c1c(Cl)ccc2c1Cc1ccccc1N2CCCC. The fraction of sp³-hybridized carbons (Fsp3) is 0.373. The Morgan fingerprint density at radius 1 is 0.712 bits per heavy atom. The molecule has 3 aliphatic carbocycles. The van der Waals surface area contributed by atoms with Crippen LogP contribution in [0.1, 0.15) is 117 Å². The third kappa shape index (κ3) is 7.10. The Hall–Kier alpha value is -4.78. The summed E-state index contributed by atoms with van der Waals surface area (Å²) in [4.78, 5) is 55.1. The third-order valence-corrected chi connectivity index (χ3v) is 14.6. The molecule has 2 unspecified atom stereocenters. The summed E-state index contributed by atoms with van der Waals surface area (Å²) in [6.07, 6.45) is 12.6. The number of hydrogen-bond donors (Lipinski definition) is 0. The standard InChI is InChI=1S/C35H34Cl2N2O.C16H18O3/c1-3-5-19-38-29-13-9-7-11-23(29)21-25-31(38)17-15-27(36)33(25)35(40)34-26-22-24-12-8-10-14-30(24)39(20-6-4-2)32(26)18-16-28(34)37;1-15(2)11-5-6-16(15,14(19)8-11)9-10-7-12(17)3-4-13(10)18/h7-18H,3-6,19-22H2,1-2H3;3-4,7,11H,5-6,8-9H2,1-2H3. The fourth-order valence-electron chi connectivity index (χ4n) is 10.5. The van der Waals surface area contributed by atoms with Crippen molar-refractivity contribution < 1.29 is 19.2 Å². The number of halogens is 2. The van der Waals surface area contributed by atoms with E-state index in [2.05, 4.69) is 98.2 Å². The number of fused-ring (bicyclic) bond motifs is 6. The van der Waals surface area contributed by atoms with Gasteiger partial charge in [0.05, 0.1) is 10.0 Å². The lowest BCUT2D eigenvalue weighted by Crippen LogP contribution is -2.37. The minimum absolute atomic E-state index is 0.0601. The summed E-state index contributed by atoms with van der Waals surface area (Å²) in [5, 5.41) is 0.956. The van der Waals surface area contributed by atoms with E-state index in [0.717, 1.165) is 74.1 Å². The summed E-state index contributed by atoms with van der Waals surface area (Å²) in [5.41, 5.74) is 10.1. The Balaban J connectivity index is 0.000000212. The number of allylic oxidation sites excluding steroid dienone is 4. The number of hydrogen-bond acceptors (Lipinski definition) is 6. The first kappa shape index (κ1) is 41.0. The minimum Gasteiger partial charge on any atom is -0.341 e. The van der Waals surface area contributed by atoms with Gasteiger partial charge in [-0.15, -0.1) is 0 Å². The number of unbranched alkanes of at least 4 members (excludes halogenated alkanes) is 2. The predicted molar refractivity (Wildman–Crippen MR) is 239 cm³/mol. The van der Waals surface area contributed by atoms with Gasteiger partial charge in [-0.2, -0.15) is 0 Å². The summed E-state index contributed by atoms with van der Waals surface area (Å²) < 4.78 is 0. The monoisotopic (exact) mass is 826 g/mol. The normalized spacial score (nSPS) is 20.7. The first-order valence-corrected chi connectivity index (χ1v) is 22.0. The molecule has 6 nitrogen and oxygen atoms in total. The van der Waals surface area contributed by atoms with Crippen LogP contribution < -0.4 is 9.80 Å². The van der Waals surface area contributed by atoms with Gasteiger partial charge in [-0.3, -0.25) is 19.2 Å². The van der Waals surface area contributed by atoms with Crippen molar-refractivity contribution in [1.82, 2.24) is 0 Å². The maximum Gasteiger partial charge on any atom is 0.196 e. The van der Waals surface area contributed by atoms with E-state index in [1.54, 1.807) is 0 Å². The van der Waals surface area contributed by atoms with E-state index in [4.69, 9.17) is 23.2 Å². The average molecular weight is 828 g/mol. The number of anilines is 4. The lowest BCUT2D eigenvalue weighted by Gasteiger charge is -2.37. The summed E-state index contributed by atoms with van der Waals surface area (Å²) in [5.74, 6) is 0.361. The van der Waals surface area contributed by atoms with Crippen molar-refractivity contribution in [3.63, 3.8) is 0 Å². The van der Waals surface area contributed by atoms with Crippen LogP contribution in [0.15, 0.2) is 96.6 Å². The van der Waals surface area contributed by atoms with Crippen LogP contribution in [0.2, 0.25) is 10.0 Å². The van der Waals surface area contributed by atoms with Crippen molar-refractivity contribution in [2.45, 2.75) is 91.9 Å². The van der Waals surface area contributed by atoms with Gasteiger partial charge in [0.15, 0.2) is 17.3 Å². The molecule has 4 aromatic carbocycles. The van der Waals surface area contributed by atoms with Crippen LogP contribution in [-0.4, -0.2) is 36.2 Å². The highest BCUT2D eigenvalue weighted by molar-refractivity contribution is 6.39. The molecule has 5 aliphatic rings. The van der Waals surface area contributed by atoms with Gasteiger partial charge in [-0.05, 0) is 120 Å². The van der Waals surface area contributed by atoms with Gasteiger partial charge >= 0.3 is 0 Å². The number of ketones is 4. The second-order valence-electron chi connectivity index (χ2n) is 17.4. The molecule has 4 aromatic rings. The Kier molecular flexibility index (Phi) is 11.4. The molecule has 59 heavy (non-hydrogen) atoms. The zero-order valence-corrected chi connectivity index (χ0v) is 36.0. The second-order valence-corrected chi connectivity index (χ2v) is 18.2. The van der Waals surface area contributed by atoms with Crippen molar-refractivity contribution in [3.05, 3.63) is 140 Å². The highest BCUT2D eigenvalue weighted by atomic mass is 35.5. The van der Waals surface area contributed by atoms with Crippen LogP contribution in [0.4, 0.5) is 22.7 Å². The van der Waals surface area contributed by atoms with Crippen LogP contribution in [0.3, 0.4) is 0 Å². The van der Waals surface area contributed by atoms with E-state index in [1.807, 2.05) is 12.1 Å². The van der Waals surface area contributed by atoms with Gasteiger partial charge in [-0.25, -0.2) is 0 Å². The Morgan fingerprint density at radius 2 is 1.24 bits per heavy atom. The number of Topliss-reactive ketones (excluding diaryl/α,β-unsaturated/α-hetero) is 1. The van der Waals surface area contributed by atoms with E-state index in [-0.39, 0.29) is 28.5 Å². The maximum absolute atomic E-state index is 14.7. The molecule has 304 valence electrons. The van der Waals surface area contributed by atoms with E-state index < -0.39 is 5.41 Å². The number of rotatable bonds is 10. The molecule has 9 rings (SSSR count). The molecule has 2 atom stereocenters. The molecule has 0 saturated heterocycles. The summed E-state index contributed by atoms with van der Waals surface area (Å²) in [6.45, 7) is 10.5. The highest BCUT2D eigenvalue weighted by Gasteiger charge is 2.64. The Morgan fingerprint density at radius 3 is 1.71 bits per heavy atom. The van der Waals surface area contributed by atoms with Gasteiger partial charge in [0, 0.05) is 77.2 Å². The van der Waals surface area contributed by atoms with Gasteiger partial charge < -0.3 is 9.80 Å². The first-order valence-electron chi connectivity index (χ1n) is 21.3. The molecule has 2 aliphatic heterocycles. The molecule has 0 amide bonds. The van der Waals surface area contributed by atoms with Crippen LogP contribution in [0.5, 0.6) is 0 Å². The smallest absolute Gasteiger partial charge is 0.196 e. The molecule has 0 radical (unpaired) electrons. The molecular formula is C51H52Cl2N2O4. The van der Waals surface area contributed by atoms with E-state index in [9.17, 15) is 19.2 Å². The molecule has 8 heteroatoms. The van der Waals surface area contributed by atoms with Crippen LogP contribution >= 0.6 is 23.2 Å². The zero-order valence-electron chi connectivity index (χ0n) is 34.5. The number of carbonyl (C=O) groups is 4. The molecule has 0 N–H and O–H groups in total. The number of benzene rings is 4. The Bertz CT molecular complexity index is 2330. The zero-order chi connectivity index (χ0) is 41.6. The van der Waals surface area contributed by atoms with Gasteiger partial charge in [-0.1, -0.05) is 100 Å². The fourth-order valence-corrected chi connectivity index (χ4v) is 11.0. The first-order chi connectivity index (χ1) is 28.4. The number of carbonyl (C=O) groups excluding carboxylic acids is 4. The van der Waals surface area contributed by atoms with Crippen LogP contribution in [0.25, 0.3) is 0 Å². The highest BCUT2D eigenvalue weighted by Crippen LogP contribution is 2.66. The second kappa shape index (κ2) is 16.3. The predicted octanol–water partition coefficient (Wildman–Crippen LogP) is 12.3. The van der Waals surface area contributed by atoms with Crippen LogP contribution in [0, 0.1) is 16.7 Å².